The van der Waals surface area contributed by atoms with E-state index in [1.165, 1.54) is 7.05 Å². The molecule has 8 heteroatoms. The van der Waals surface area contributed by atoms with E-state index < -0.39 is 30.6 Å². The Morgan fingerprint density at radius 2 is 1.74 bits per heavy atom. The number of hydrogen-bond donors (Lipinski definition) is 2. The molecule has 0 bridgehead atoms. The minimum Gasteiger partial charge on any atom is -0.482 e. The van der Waals surface area contributed by atoms with Crippen molar-refractivity contribution in [3.8, 4) is 11.8 Å². The lowest BCUT2D eigenvalue weighted by atomic mass is 10.1. The van der Waals surface area contributed by atoms with Crippen molar-refractivity contribution in [3.05, 3.63) is 65.7 Å². The Labute approximate surface area is 155 Å². The Bertz CT molecular complexity index is 844. The van der Waals surface area contributed by atoms with E-state index in [-0.39, 0.29) is 0 Å². The molecule has 0 fully saturated rings. The molecule has 0 radical (unpaired) electrons. The van der Waals surface area contributed by atoms with Crippen LogP contribution >= 0.6 is 0 Å². The summed E-state index contributed by atoms with van der Waals surface area (Å²) >= 11 is 0. The average molecular weight is 367 g/mol. The van der Waals surface area contributed by atoms with E-state index >= 15 is 0 Å². The van der Waals surface area contributed by atoms with Crippen LogP contribution in [0.25, 0.3) is 0 Å². The minimum atomic E-state index is -1.31. The number of nitriles is 1. The molecular formula is C19H17N3O5. The quantitative estimate of drug-likeness (QED) is 0.750. The van der Waals surface area contributed by atoms with Gasteiger partial charge in [-0.1, -0.05) is 30.3 Å². The fourth-order valence-electron chi connectivity index (χ4n) is 2.07. The molecule has 3 amide bonds. The summed E-state index contributed by atoms with van der Waals surface area (Å²) in [5, 5.41) is 13.1. The summed E-state index contributed by atoms with van der Waals surface area (Å²) in [5.74, 6) is -1.20. The Balaban J connectivity index is 2.02. The van der Waals surface area contributed by atoms with Gasteiger partial charge < -0.3 is 14.8 Å². The summed E-state index contributed by atoms with van der Waals surface area (Å²) in [6.45, 7) is -0.442. The monoisotopic (exact) mass is 367 g/mol. The van der Waals surface area contributed by atoms with E-state index in [1.54, 1.807) is 54.6 Å². The average Bonchev–Trinajstić information content (AvgIpc) is 2.71. The number of rotatable bonds is 6. The van der Waals surface area contributed by atoms with Gasteiger partial charge in [-0.05, 0) is 24.3 Å². The van der Waals surface area contributed by atoms with Crippen molar-refractivity contribution in [3.63, 3.8) is 0 Å². The zero-order valence-corrected chi connectivity index (χ0v) is 14.5. The summed E-state index contributed by atoms with van der Waals surface area (Å²) in [6.07, 6.45) is -1.31. The fraction of sp³-hybridized carbons (Fsp3) is 0.158. The first-order chi connectivity index (χ1) is 13.0. The molecule has 0 heterocycles. The van der Waals surface area contributed by atoms with Crippen molar-refractivity contribution in [1.82, 2.24) is 10.6 Å². The van der Waals surface area contributed by atoms with Crippen LogP contribution in [0.2, 0.25) is 0 Å². The first-order valence-corrected chi connectivity index (χ1v) is 7.93. The first kappa shape index (κ1) is 19.5. The lowest BCUT2D eigenvalue weighted by Gasteiger charge is -2.17. The molecule has 0 aliphatic rings. The molecule has 0 saturated heterocycles. The smallest absolute Gasteiger partial charge is 0.345 e. The summed E-state index contributed by atoms with van der Waals surface area (Å²) in [4.78, 5) is 35.8. The molecule has 2 aromatic rings. The van der Waals surface area contributed by atoms with Crippen molar-refractivity contribution >= 4 is 17.9 Å². The number of amides is 3. The largest absolute Gasteiger partial charge is 0.482 e. The molecule has 2 N–H and O–H groups in total. The number of carbonyl (C=O) groups is 3. The van der Waals surface area contributed by atoms with Crippen LogP contribution in [0.15, 0.2) is 54.6 Å². The highest BCUT2D eigenvalue weighted by atomic mass is 16.6. The van der Waals surface area contributed by atoms with E-state index in [0.717, 1.165) is 0 Å². The highest BCUT2D eigenvalue weighted by Gasteiger charge is 2.26. The number of hydrogen-bond acceptors (Lipinski definition) is 6. The Kier molecular flexibility index (Phi) is 6.91. The molecule has 27 heavy (non-hydrogen) atoms. The van der Waals surface area contributed by atoms with Gasteiger partial charge in [0.05, 0.1) is 11.6 Å². The van der Waals surface area contributed by atoms with E-state index in [2.05, 4.69) is 10.6 Å². The molecular weight excluding hydrogens is 350 g/mol. The van der Waals surface area contributed by atoms with E-state index in [9.17, 15) is 14.4 Å². The molecule has 8 nitrogen and oxygen atoms in total. The van der Waals surface area contributed by atoms with Gasteiger partial charge in [-0.25, -0.2) is 9.59 Å². The lowest BCUT2D eigenvalue weighted by molar-refractivity contribution is -0.158. The second-order valence-electron chi connectivity index (χ2n) is 5.27. The van der Waals surface area contributed by atoms with Gasteiger partial charge in [-0.15, -0.1) is 0 Å². The molecule has 2 aromatic carbocycles. The summed E-state index contributed by atoms with van der Waals surface area (Å²) in [5.41, 5.74) is 0.866. The van der Waals surface area contributed by atoms with Gasteiger partial charge in [-0.3, -0.25) is 10.1 Å². The molecule has 0 saturated carbocycles. The zero-order valence-electron chi connectivity index (χ0n) is 14.5. The Morgan fingerprint density at radius 3 is 2.33 bits per heavy atom. The minimum absolute atomic E-state index is 0.372. The third-order valence-electron chi connectivity index (χ3n) is 3.39. The van der Waals surface area contributed by atoms with E-state index in [4.69, 9.17) is 14.7 Å². The van der Waals surface area contributed by atoms with Gasteiger partial charge in [0.2, 0.25) is 6.10 Å². The van der Waals surface area contributed by atoms with Gasteiger partial charge in [0.1, 0.15) is 5.75 Å². The van der Waals surface area contributed by atoms with Crippen molar-refractivity contribution in [2.24, 2.45) is 0 Å². The maximum Gasteiger partial charge on any atom is 0.345 e. The van der Waals surface area contributed by atoms with Crippen LogP contribution in [0.3, 0.4) is 0 Å². The number of urea groups is 1. The first-order valence-electron chi connectivity index (χ1n) is 7.93. The van der Waals surface area contributed by atoms with Crippen LogP contribution < -0.4 is 15.4 Å². The number of ether oxygens (including phenoxy) is 2. The molecule has 138 valence electrons. The topological polar surface area (TPSA) is 118 Å². The summed E-state index contributed by atoms with van der Waals surface area (Å²) in [6, 6.07) is 15.7. The maximum atomic E-state index is 12.3. The number of nitrogens with zero attached hydrogens (tertiary/aromatic N) is 1. The van der Waals surface area contributed by atoms with Gasteiger partial charge in [0.25, 0.3) is 5.91 Å². The maximum absolute atomic E-state index is 12.3. The van der Waals surface area contributed by atoms with Crippen molar-refractivity contribution < 1.29 is 23.9 Å². The molecule has 0 aliphatic carbocycles. The van der Waals surface area contributed by atoms with Crippen LogP contribution in [0.5, 0.6) is 5.75 Å². The number of esters is 1. The van der Waals surface area contributed by atoms with Crippen molar-refractivity contribution in [1.29, 1.82) is 5.26 Å². The van der Waals surface area contributed by atoms with Gasteiger partial charge in [0, 0.05) is 12.6 Å². The predicted octanol–water partition coefficient (Wildman–Crippen LogP) is 1.68. The molecule has 1 atom stereocenters. The molecule has 0 spiro atoms. The number of benzene rings is 2. The number of imide groups is 1. The SMILES string of the molecule is CNC(=O)NC(=O)[C@@H](OC(=O)COc1ccc(C#N)cc1)c1ccccc1. The molecule has 2 rings (SSSR count). The second-order valence-corrected chi connectivity index (χ2v) is 5.27. The molecule has 0 aliphatic heterocycles. The highest BCUT2D eigenvalue weighted by Crippen LogP contribution is 2.18. The van der Waals surface area contributed by atoms with E-state index in [0.29, 0.717) is 16.9 Å². The Hall–Kier alpha value is -3.86. The summed E-state index contributed by atoms with van der Waals surface area (Å²) in [7, 11) is 1.36. The van der Waals surface area contributed by atoms with E-state index in [1.807, 2.05) is 6.07 Å². The van der Waals surface area contributed by atoms with Crippen LogP contribution in [0, 0.1) is 11.3 Å². The molecule has 0 aromatic heterocycles. The standard InChI is InChI=1S/C19H17N3O5/c1-21-19(25)22-18(24)17(14-5-3-2-4-6-14)27-16(23)12-26-15-9-7-13(11-20)8-10-15/h2-10,17H,12H2,1H3,(H2,21,22,24,25)/t17-/m0/s1. The third-order valence-corrected chi connectivity index (χ3v) is 3.39. The van der Waals surface area contributed by atoms with Gasteiger partial charge in [-0.2, -0.15) is 5.26 Å². The van der Waals surface area contributed by atoms with Gasteiger partial charge in [0.15, 0.2) is 6.61 Å². The zero-order chi connectivity index (χ0) is 19.6. The normalized spacial score (nSPS) is 10.8. The number of nitrogens with one attached hydrogen (secondary N) is 2. The van der Waals surface area contributed by atoms with Crippen LogP contribution in [-0.2, 0) is 14.3 Å². The lowest BCUT2D eigenvalue weighted by Crippen LogP contribution is -2.41. The number of carbonyl (C=O) groups excluding carboxylic acids is 3. The van der Waals surface area contributed by atoms with Crippen LogP contribution in [0.1, 0.15) is 17.2 Å². The van der Waals surface area contributed by atoms with Crippen molar-refractivity contribution in [2.75, 3.05) is 13.7 Å². The molecule has 0 unspecified atom stereocenters. The van der Waals surface area contributed by atoms with Crippen LogP contribution in [0.4, 0.5) is 4.79 Å². The van der Waals surface area contributed by atoms with Gasteiger partial charge >= 0.3 is 12.0 Å². The predicted molar refractivity (Wildman–Crippen MR) is 94.5 cm³/mol. The van der Waals surface area contributed by atoms with Crippen molar-refractivity contribution in [2.45, 2.75) is 6.10 Å². The third kappa shape index (κ3) is 5.86. The highest BCUT2D eigenvalue weighted by molar-refractivity contribution is 5.97. The van der Waals surface area contributed by atoms with Crippen LogP contribution in [-0.4, -0.2) is 31.6 Å². The summed E-state index contributed by atoms with van der Waals surface area (Å²) < 4.78 is 10.5. The second kappa shape index (κ2) is 9.58. The Morgan fingerprint density at radius 1 is 1.07 bits per heavy atom. The fourth-order valence-corrected chi connectivity index (χ4v) is 2.07.